The number of ether oxygens (including phenoxy) is 4. The summed E-state index contributed by atoms with van der Waals surface area (Å²) >= 11 is 0. The molecule has 0 spiro atoms. The number of aliphatic hydroxyl groups excluding tert-OH is 1. The highest BCUT2D eigenvalue weighted by Gasteiger charge is 2.30. The first kappa shape index (κ1) is 96.1. The Kier molecular flexibility index (Phi) is 66.8. The summed E-state index contributed by atoms with van der Waals surface area (Å²) in [6.45, 7) is 14.2. The van der Waals surface area contributed by atoms with E-state index >= 15 is 0 Å². The van der Waals surface area contributed by atoms with Crippen molar-refractivity contribution in [2.24, 2.45) is 23.7 Å². The van der Waals surface area contributed by atoms with E-state index in [9.17, 15) is 43.2 Å². The van der Waals surface area contributed by atoms with Crippen LogP contribution in [0, 0.1) is 23.7 Å². The van der Waals surface area contributed by atoms with Crippen molar-refractivity contribution < 1.29 is 80.2 Å². The fraction of sp³-hybridized carbons (Fsp3) is 0.949. The third-order valence-corrected chi connectivity index (χ3v) is 20.6. The normalized spacial score (nSPS) is 14.3. The van der Waals surface area contributed by atoms with Gasteiger partial charge in [-0.2, -0.15) is 0 Å². The Bertz CT molecular complexity index is 1920. The minimum Gasteiger partial charge on any atom is -0.462 e. The van der Waals surface area contributed by atoms with Crippen molar-refractivity contribution in [2.75, 3.05) is 39.6 Å². The van der Waals surface area contributed by atoms with Crippen LogP contribution in [0.25, 0.3) is 0 Å². The monoisotopic (exact) mass is 1440 g/mol. The Balaban J connectivity index is 5.23. The third-order valence-electron chi connectivity index (χ3n) is 18.7. The molecular formula is C79H154O17P2. The highest BCUT2D eigenvalue weighted by Crippen LogP contribution is 2.45. The molecule has 0 amide bonds. The van der Waals surface area contributed by atoms with Gasteiger partial charge < -0.3 is 33.8 Å². The van der Waals surface area contributed by atoms with Crippen LogP contribution in [0.1, 0.15) is 402 Å². The highest BCUT2D eigenvalue weighted by atomic mass is 31.2. The van der Waals surface area contributed by atoms with Gasteiger partial charge in [-0.05, 0) is 49.4 Å². The van der Waals surface area contributed by atoms with Crippen LogP contribution in [-0.2, 0) is 65.4 Å². The average Bonchev–Trinajstić information content (AvgIpc) is 1.40. The van der Waals surface area contributed by atoms with Crippen LogP contribution >= 0.6 is 15.6 Å². The summed E-state index contributed by atoms with van der Waals surface area (Å²) < 4.78 is 68.6. The van der Waals surface area contributed by atoms with Gasteiger partial charge in [0.15, 0.2) is 12.2 Å². The molecule has 98 heavy (non-hydrogen) atoms. The summed E-state index contributed by atoms with van der Waals surface area (Å²) in [6.07, 6.45) is 54.1. The van der Waals surface area contributed by atoms with E-state index in [2.05, 4.69) is 55.4 Å². The van der Waals surface area contributed by atoms with Gasteiger partial charge in [0.1, 0.15) is 19.3 Å². The number of esters is 4. The van der Waals surface area contributed by atoms with Crippen molar-refractivity contribution in [1.29, 1.82) is 0 Å². The van der Waals surface area contributed by atoms with E-state index in [1.165, 1.54) is 205 Å². The lowest BCUT2D eigenvalue weighted by Crippen LogP contribution is -2.30. The molecule has 0 aromatic rings. The molecule has 6 atom stereocenters. The Labute approximate surface area is 600 Å². The number of carbonyl (C=O) groups excluding carboxylic acids is 4. The second-order valence-electron chi connectivity index (χ2n) is 30.1. The molecule has 582 valence electrons. The van der Waals surface area contributed by atoms with Crippen molar-refractivity contribution in [3.63, 3.8) is 0 Å². The number of rotatable bonds is 76. The molecule has 0 heterocycles. The average molecular weight is 1440 g/mol. The number of unbranched alkanes of at least 4 members (excludes halogenated alkanes) is 41. The van der Waals surface area contributed by atoms with Gasteiger partial charge in [0, 0.05) is 25.7 Å². The molecule has 0 aliphatic rings. The van der Waals surface area contributed by atoms with Crippen LogP contribution in [-0.4, -0.2) is 96.7 Å². The lowest BCUT2D eigenvalue weighted by Gasteiger charge is -2.21. The van der Waals surface area contributed by atoms with Gasteiger partial charge in [0.25, 0.3) is 0 Å². The lowest BCUT2D eigenvalue weighted by molar-refractivity contribution is -0.161. The molecule has 17 nitrogen and oxygen atoms in total. The van der Waals surface area contributed by atoms with E-state index in [0.717, 1.165) is 114 Å². The second-order valence-corrected chi connectivity index (χ2v) is 33.0. The third kappa shape index (κ3) is 71.1. The zero-order valence-corrected chi connectivity index (χ0v) is 66.2. The van der Waals surface area contributed by atoms with Gasteiger partial charge in [-0.15, -0.1) is 0 Å². The van der Waals surface area contributed by atoms with Crippen LogP contribution in [0.5, 0.6) is 0 Å². The van der Waals surface area contributed by atoms with Gasteiger partial charge in [0.05, 0.1) is 26.4 Å². The molecule has 3 N–H and O–H groups in total. The zero-order valence-electron chi connectivity index (χ0n) is 64.4. The first-order valence-corrected chi connectivity index (χ1v) is 43.7. The van der Waals surface area contributed by atoms with Crippen LogP contribution in [0.3, 0.4) is 0 Å². The number of hydrogen-bond acceptors (Lipinski definition) is 15. The van der Waals surface area contributed by atoms with Crippen LogP contribution < -0.4 is 0 Å². The summed E-state index contributed by atoms with van der Waals surface area (Å²) in [5.74, 6) is 0.975. The molecule has 0 aromatic heterocycles. The molecular weight excluding hydrogens is 1280 g/mol. The van der Waals surface area contributed by atoms with E-state index in [1.807, 2.05) is 0 Å². The molecule has 0 fully saturated rings. The van der Waals surface area contributed by atoms with Crippen molar-refractivity contribution >= 4 is 39.5 Å². The van der Waals surface area contributed by atoms with Crippen LogP contribution in [0.2, 0.25) is 0 Å². The number of hydrogen-bond donors (Lipinski definition) is 3. The van der Waals surface area contributed by atoms with E-state index in [-0.39, 0.29) is 25.7 Å². The van der Waals surface area contributed by atoms with Crippen molar-refractivity contribution in [2.45, 2.75) is 420 Å². The zero-order chi connectivity index (χ0) is 72.4. The Morgan fingerprint density at radius 2 is 0.490 bits per heavy atom. The van der Waals surface area contributed by atoms with Gasteiger partial charge in [0.2, 0.25) is 0 Å². The summed E-state index contributed by atoms with van der Waals surface area (Å²) in [4.78, 5) is 72.9. The van der Waals surface area contributed by atoms with Crippen molar-refractivity contribution in [3.8, 4) is 0 Å². The summed E-state index contributed by atoms with van der Waals surface area (Å²) in [7, 11) is -9.92. The minimum absolute atomic E-state index is 0.105. The van der Waals surface area contributed by atoms with E-state index in [0.29, 0.717) is 25.7 Å². The Hall–Kier alpha value is -1.94. The molecule has 0 aliphatic heterocycles. The van der Waals surface area contributed by atoms with Crippen molar-refractivity contribution in [3.05, 3.63) is 0 Å². The topological polar surface area (TPSA) is 237 Å². The first-order valence-electron chi connectivity index (χ1n) is 40.7. The highest BCUT2D eigenvalue weighted by molar-refractivity contribution is 7.47. The summed E-state index contributed by atoms with van der Waals surface area (Å²) in [5, 5.41) is 10.6. The van der Waals surface area contributed by atoms with Crippen LogP contribution in [0.15, 0.2) is 0 Å². The van der Waals surface area contributed by atoms with Crippen LogP contribution in [0.4, 0.5) is 0 Å². The molecule has 3 unspecified atom stereocenters. The molecule has 0 bridgehead atoms. The maximum absolute atomic E-state index is 13.1. The molecule has 0 saturated heterocycles. The molecule has 0 aliphatic carbocycles. The maximum Gasteiger partial charge on any atom is 0.472 e. The number of phosphoric acid groups is 2. The predicted octanol–water partition coefficient (Wildman–Crippen LogP) is 23.2. The van der Waals surface area contributed by atoms with E-state index in [1.54, 1.807) is 0 Å². The molecule has 19 heteroatoms. The molecule has 0 radical (unpaired) electrons. The fourth-order valence-electron chi connectivity index (χ4n) is 12.0. The van der Waals surface area contributed by atoms with Gasteiger partial charge >= 0.3 is 39.5 Å². The smallest absolute Gasteiger partial charge is 0.462 e. The Morgan fingerprint density at radius 1 is 0.286 bits per heavy atom. The predicted molar refractivity (Wildman–Crippen MR) is 400 cm³/mol. The Morgan fingerprint density at radius 3 is 0.724 bits per heavy atom. The maximum atomic E-state index is 13.1. The first-order chi connectivity index (χ1) is 47.1. The molecule has 0 saturated carbocycles. The number of phosphoric ester groups is 2. The van der Waals surface area contributed by atoms with Gasteiger partial charge in [-0.25, -0.2) is 9.13 Å². The van der Waals surface area contributed by atoms with E-state index < -0.39 is 97.5 Å². The SMILES string of the molecule is CCC(C)CCCCCCCCCCC(=O)OC[C@H](COP(=O)(O)OC[C@H](O)COP(=O)(O)OC[C@@H](COC(=O)CCCCCCCCCCCCC(C)C)OC(=O)CCCCCCCCCCCCCCCCCCCCC(C)C)OC(=O)CCCCCCCCCCCC(C)C. The molecule has 0 aromatic carbocycles. The largest absolute Gasteiger partial charge is 0.472 e. The summed E-state index contributed by atoms with van der Waals surface area (Å²) in [5.41, 5.74) is 0. The number of carbonyl (C=O) groups is 4. The van der Waals surface area contributed by atoms with Gasteiger partial charge in [-0.3, -0.25) is 37.3 Å². The fourth-order valence-corrected chi connectivity index (χ4v) is 13.6. The molecule has 0 rings (SSSR count). The standard InChI is InChI=1S/C79H154O17P2/c1-9-72(8)58-50-42-34-29-30-36-44-52-60-77(82)90-66-75(96-79(84)62-54-46-38-28-22-25-33-41-49-57-71(6)7)68-94-98(87,88)92-64-73(80)63-91-97(85,86)93-67-74(65-89-76(81)59-51-43-35-26-21-20-24-32-40-48-56-70(4)5)95-78(83)61-53-45-37-27-19-17-15-13-11-10-12-14-16-18-23-31-39-47-55-69(2)3/h69-75,80H,9-68H2,1-8H3,(H,85,86)(H,87,88)/t72?,73-,74-,75-/m1/s1. The minimum atomic E-state index is -4.96. The van der Waals surface area contributed by atoms with E-state index in [4.69, 9.17) is 37.0 Å². The lowest BCUT2D eigenvalue weighted by atomic mass is 9.99. The second kappa shape index (κ2) is 68.2. The number of aliphatic hydroxyl groups is 1. The van der Waals surface area contributed by atoms with Crippen molar-refractivity contribution in [1.82, 2.24) is 0 Å². The van der Waals surface area contributed by atoms with Gasteiger partial charge in [-0.1, -0.05) is 351 Å². The quantitative estimate of drug-likeness (QED) is 0.0222. The summed E-state index contributed by atoms with van der Waals surface area (Å²) in [6, 6.07) is 0.